The molecule has 0 saturated carbocycles. The smallest absolute Gasteiger partial charge is 0.265 e. The molecule has 0 saturated heterocycles. The number of para-hydroxylation sites is 1. The van der Waals surface area contributed by atoms with Gasteiger partial charge in [0.15, 0.2) is 0 Å². The van der Waals surface area contributed by atoms with Gasteiger partial charge in [0.25, 0.3) is 5.91 Å². The lowest BCUT2D eigenvalue weighted by atomic mass is 9.88. The molecule has 0 N–H and O–H groups in total. The maximum absolute atomic E-state index is 13.3. The average molecular weight is 404 g/mol. The highest BCUT2D eigenvalue weighted by Crippen LogP contribution is 2.35. The number of rotatable bonds is 4. The molecule has 5 nitrogen and oxygen atoms in total. The second kappa shape index (κ2) is 7.97. The Kier molecular flexibility index (Phi) is 5.23. The molecule has 1 aliphatic heterocycles. The third-order valence-electron chi connectivity index (χ3n) is 4.88. The van der Waals surface area contributed by atoms with Crippen LogP contribution in [0.25, 0.3) is 0 Å². The fraction of sp³-hybridized carbons (Fsp3) is 0.130. The lowest BCUT2D eigenvalue weighted by Gasteiger charge is -2.31. The van der Waals surface area contributed by atoms with Crippen molar-refractivity contribution in [3.63, 3.8) is 0 Å². The maximum Gasteiger partial charge on any atom is 0.265 e. The van der Waals surface area contributed by atoms with E-state index in [2.05, 4.69) is 9.98 Å². The molecule has 0 radical (unpaired) electrons. The van der Waals surface area contributed by atoms with E-state index in [0.717, 1.165) is 10.6 Å². The quantitative estimate of drug-likeness (QED) is 0.462. The largest absolute Gasteiger partial charge is 0.287 e. The first kappa shape index (κ1) is 19.0. The van der Waals surface area contributed by atoms with Crippen LogP contribution in [0.3, 0.4) is 0 Å². The van der Waals surface area contributed by atoms with Gasteiger partial charge in [-0.05, 0) is 42.8 Å². The number of carbonyl (C=O) groups excluding carboxylic acids is 2. The normalized spacial score (nSPS) is 17.4. The predicted molar refractivity (Wildman–Crippen MR) is 114 cm³/mol. The molecule has 0 fully saturated rings. The predicted octanol–water partition coefficient (Wildman–Crippen LogP) is 4.84. The van der Waals surface area contributed by atoms with E-state index in [9.17, 15) is 9.59 Å². The summed E-state index contributed by atoms with van der Waals surface area (Å²) in [4.78, 5) is 36.4. The molecule has 1 aromatic heterocycles. The molecule has 3 aromatic rings. The molecular weight excluding hydrogens is 386 g/mol. The van der Waals surface area contributed by atoms with Crippen molar-refractivity contribution in [1.82, 2.24) is 4.98 Å². The molecule has 1 unspecified atom stereocenters. The number of pyridine rings is 1. The highest BCUT2D eigenvalue weighted by Gasteiger charge is 2.39. The number of carbonyl (C=O) groups is 2. The van der Waals surface area contributed by atoms with Gasteiger partial charge in [0.05, 0.1) is 28.4 Å². The molecule has 29 heavy (non-hydrogen) atoms. The summed E-state index contributed by atoms with van der Waals surface area (Å²) >= 11 is 6.28. The number of aromatic nitrogens is 1. The number of hydrogen-bond donors (Lipinski definition) is 0. The maximum atomic E-state index is 13.3. The van der Waals surface area contributed by atoms with Crippen molar-refractivity contribution < 1.29 is 9.59 Å². The topological polar surface area (TPSA) is 62.6 Å². The Morgan fingerprint density at radius 2 is 1.76 bits per heavy atom. The van der Waals surface area contributed by atoms with Gasteiger partial charge in [0.2, 0.25) is 5.91 Å². The summed E-state index contributed by atoms with van der Waals surface area (Å²) in [6, 6.07) is 19.3. The molecule has 0 spiro atoms. The molecule has 2 aromatic carbocycles. The fourth-order valence-electron chi connectivity index (χ4n) is 3.38. The Hall–Kier alpha value is -3.31. The van der Waals surface area contributed by atoms with E-state index in [4.69, 9.17) is 11.6 Å². The first-order chi connectivity index (χ1) is 14.1. The van der Waals surface area contributed by atoms with Crippen LogP contribution in [-0.4, -0.2) is 23.0 Å². The van der Waals surface area contributed by atoms with Gasteiger partial charge in [-0.15, -0.1) is 0 Å². The van der Waals surface area contributed by atoms with Crippen molar-refractivity contribution in [2.75, 3.05) is 4.90 Å². The van der Waals surface area contributed by atoms with Crippen molar-refractivity contribution >= 4 is 35.3 Å². The summed E-state index contributed by atoms with van der Waals surface area (Å²) < 4.78 is 0. The SMILES string of the molecule is C[C@@H](N=CC1C(=O)N(c2ccccc2Cl)C(=O)c2ccccc21)c1ccccn1. The van der Waals surface area contributed by atoms with Crippen molar-refractivity contribution in [2.24, 2.45) is 4.99 Å². The zero-order valence-electron chi connectivity index (χ0n) is 15.7. The molecule has 2 atom stereocenters. The molecule has 6 heteroatoms. The zero-order chi connectivity index (χ0) is 20.4. The summed E-state index contributed by atoms with van der Waals surface area (Å²) in [5, 5.41) is 0.339. The Labute approximate surface area is 173 Å². The molecule has 1 aliphatic rings. The first-order valence-electron chi connectivity index (χ1n) is 9.24. The van der Waals surface area contributed by atoms with E-state index < -0.39 is 5.92 Å². The third kappa shape index (κ3) is 3.57. The molecule has 2 heterocycles. The lowest BCUT2D eigenvalue weighted by Crippen LogP contribution is -2.45. The second-order valence-electron chi connectivity index (χ2n) is 6.72. The number of amides is 2. The van der Waals surface area contributed by atoms with Crippen LogP contribution >= 0.6 is 11.6 Å². The molecular formula is C23H18ClN3O2. The van der Waals surface area contributed by atoms with Gasteiger partial charge in [-0.3, -0.25) is 19.6 Å². The van der Waals surface area contributed by atoms with Gasteiger partial charge in [-0.2, -0.15) is 0 Å². The highest BCUT2D eigenvalue weighted by atomic mass is 35.5. The highest BCUT2D eigenvalue weighted by molar-refractivity contribution is 6.37. The molecule has 144 valence electrons. The van der Waals surface area contributed by atoms with Crippen LogP contribution in [0.5, 0.6) is 0 Å². The van der Waals surface area contributed by atoms with Crippen molar-refractivity contribution in [2.45, 2.75) is 18.9 Å². The van der Waals surface area contributed by atoms with Crippen LogP contribution in [0.1, 0.15) is 40.5 Å². The van der Waals surface area contributed by atoms with Crippen LogP contribution in [-0.2, 0) is 4.79 Å². The van der Waals surface area contributed by atoms with Gasteiger partial charge < -0.3 is 0 Å². The number of halogens is 1. The minimum atomic E-state index is -0.689. The summed E-state index contributed by atoms with van der Waals surface area (Å²) in [6.45, 7) is 1.91. The lowest BCUT2D eigenvalue weighted by molar-refractivity contribution is -0.118. The van der Waals surface area contributed by atoms with E-state index in [1.54, 1.807) is 54.9 Å². The van der Waals surface area contributed by atoms with E-state index in [0.29, 0.717) is 21.8 Å². The third-order valence-corrected chi connectivity index (χ3v) is 5.20. The van der Waals surface area contributed by atoms with Crippen molar-refractivity contribution in [3.05, 3.63) is 94.8 Å². The van der Waals surface area contributed by atoms with E-state index in [1.165, 1.54) is 0 Å². The molecule has 0 bridgehead atoms. The Bertz CT molecular complexity index is 1100. The number of benzene rings is 2. The number of fused-ring (bicyclic) bond motifs is 1. The first-order valence-corrected chi connectivity index (χ1v) is 9.61. The van der Waals surface area contributed by atoms with Crippen LogP contribution in [0.4, 0.5) is 5.69 Å². The Morgan fingerprint density at radius 1 is 1.03 bits per heavy atom. The van der Waals surface area contributed by atoms with Gasteiger partial charge in [-0.25, -0.2) is 4.90 Å². The van der Waals surface area contributed by atoms with Gasteiger partial charge >= 0.3 is 0 Å². The summed E-state index contributed by atoms with van der Waals surface area (Å²) in [5.74, 6) is -1.45. The summed E-state index contributed by atoms with van der Waals surface area (Å²) in [5.41, 5.74) is 2.28. The van der Waals surface area contributed by atoms with Gasteiger partial charge in [0, 0.05) is 18.0 Å². The van der Waals surface area contributed by atoms with Crippen LogP contribution < -0.4 is 4.90 Å². The zero-order valence-corrected chi connectivity index (χ0v) is 16.5. The number of aliphatic imine (C=N–C) groups is 1. The van der Waals surface area contributed by atoms with Crippen LogP contribution in [0.15, 0.2) is 77.9 Å². The fourth-order valence-corrected chi connectivity index (χ4v) is 3.60. The van der Waals surface area contributed by atoms with Crippen LogP contribution in [0, 0.1) is 0 Å². The van der Waals surface area contributed by atoms with E-state index >= 15 is 0 Å². The minimum absolute atomic E-state index is 0.220. The Morgan fingerprint density at radius 3 is 2.52 bits per heavy atom. The number of nitrogens with zero attached hydrogens (tertiary/aromatic N) is 3. The standard InChI is InChI=1S/C23H18ClN3O2/c1-15(20-11-6-7-13-25-20)26-14-18-16-8-2-3-9-17(16)22(28)27(23(18)29)21-12-5-4-10-19(21)24/h2-15,18H,1H3/t15-,18?/m1/s1. The van der Waals surface area contributed by atoms with Crippen LogP contribution in [0.2, 0.25) is 5.02 Å². The molecule has 2 amide bonds. The van der Waals surface area contributed by atoms with Gasteiger partial charge in [0.1, 0.15) is 0 Å². The molecule has 4 rings (SSSR count). The second-order valence-corrected chi connectivity index (χ2v) is 7.13. The number of imide groups is 1. The van der Waals surface area contributed by atoms with Crippen molar-refractivity contribution in [1.29, 1.82) is 0 Å². The van der Waals surface area contributed by atoms with Crippen molar-refractivity contribution in [3.8, 4) is 0 Å². The van der Waals surface area contributed by atoms with Gasteiger partial charge in [-0.1, -0.05) is 48.0 Å². The van der Waals surface area contributed by atoms with E-state index in [1.807, 2.05) is 31.2 Å². The average Bonchev–Trinajstić information content (AvgIpc) is 2.75. The molecule has 0 aliphatic carbocycles. The number of anilines is 1. The summed E-state index contributed by atoms with van der Waals surface area (Å²) in [7, 11) is 0. The van der Waals surface area contributed by atoms with E-state index in [-0.39, 0.29) is 17.9 Å². The minimum Gasteiger partial charge on any atom is -0.287 e. The monoisotopic (exact) mass is 403 g/mol. The number of hydrogen-bond acceptors (Lipinski definition) is 4. The Balaban J connectivity index is 1.75. The summed E-state index contributed by atoms with van der Waals surface area (Å²) in [6.07, 6.45) is 3.32.